The van der Waals surface area contributed by atoms with E-state index in [2.05, 4.69) is 35.0 Å². The molecule has 0 aliphatic rings. The Kier molecular flexibility index (Phi) is 2.80. The fourth-order valence-corrected chi connectivity index (χ4v) is 0.945. The van der Waals surface area contributed by atoms with Crippen LogP contribution in [-0.4, -0.2) is 11.0 Å². The highest BCUT2D eigenvalue weighted by Gasteiger charge is 1.96. The largest absolute Gasteiger partial charge is 0.508 e. The Labute approximate surface area is 76.0 Å². The number of hydrogen-bond acceptors (Lipinski definition) is 4. The Bertz CT molecular complexity index is 332. The zero-order valence-electron chi connectivity index (χ0n) is 6.28. The molecular weight excluding hydrogens is 172 g/mol. The summed E-state index contributed by atoms with van der Waals surface area (Å²) < 4.78 is 2.59. The van der Waals surface area contributed by atoms with Gasteiger partial charge in [-0.2, -0.15) is 0 Å². The first-order valence-electron chi connectivity index (χ1n) is 3.23. The number of benzene rings is 1. The van der Waals surface area contributed by atoms with Gasteiger partial charge in [0.1, 0.15) is 5.75 Å². The number of hydrogen-bond donors (Lipinski definition) is 3. The van der Waals surface area contributed by atoms with E-state index in [9.17, 15) is 0 Å². The summed E-state index contributed by atoms with van der Waals surface area (Å²) in [6.45, 7) is 3.33. The van der Waals surface area contributed by atoms with Gasteiger partial charge in [-0.1, -0.05) is 12.8 Å². The van der Waals surface area contributed by atoms with Gasteiger partial charge >= 0.3 is 0 Å². The van der Waals surface area contributed by atoms with Crippen LogP contribution >= 0.6 is 12.8 Å². The second-order valence-electron chi connectivity index (χ2n) is 2.12. The van der Waals surface area contributed by atoms with E-state index in [1.54, 1.807) is 6.07 Å². The lowest BCUT2D eigenvalue weighted by molar-refractivity contribution is 0.476. The van der Waals surface area contributed by atoms with Gasteiger partial charge < -0.3 is 9.83 Å². The van der Waals surface area contributed by atoms with Crippen molar-refractivity contribution < 1.29 is 5.11 Å². The van der Waals surface area contributed by atoms with Crippen LogP contribution in [0.25, 0.3) is 0 Å². The minimum atomic E-state index is 0.128. The van der Waals surface area contributed by atoms with E-state index in [1.807, 2.05) is 0 Å². The molecule has 1 rings (SSSR count). The summed E-state index contributed by atoms with van der Waals surface area (Å²) in [5, 5.41) is 9.17. The van der Waals surface area contributed by atoms with Crippen LogP contribution in [0.3, 0.4) is 0 Å². The van der Waals surface area contributed by atoms with Gasteiger partial charge in [-0.05, 0) is 18.5 Å². The standard InChI is InChI=1S/C8H8N2OS/c1-2-9-6-3-7(10-12)5-8(11)4-6/h3-5,10-12H,1H2. The Hall–Kier alpha value is -1.38. The van der Waals surface area contributed by atoms with Crippen LogP contribution in [0.5, 0.6) is 5.75 Å². The number of thiol groups is 1. The first-order valence-corrected chi connectivity index (χ1v) is 3.68. The van der Waals surface area contributed by atoms with E-state index in [0.29, 0.717) is 11.4 Å². The maximum Gasteiger partial charge on any atom is 0.119 e. The third kappa shape index (κ3) is 2.05. The first-order chi connectivity index (χ1) is 5.76. The molecule has 0 aliphatic carbocycles. The molecule has 1 aromatic rings. The number of rotatable bonds is 2. The second-order valence-corrected chi connectivity index (χ2v) is 2.34. The minimum absolute atomic E-state index is 0.128. The van der Waals surface area contributed by atoms with Gasteiger partial charge in [-0.15, -0.1) is 0 Å². The smallest absolute Gasteiger partial charge is 0.119 e. The van der Waals surface area contributed by atoms with Crippen LogP contribution < -0.4 is 4.72 Å². The first kappa shape index (κ1) is 8.71. The maximum absolute atomic E-state index is 9.17. The molecule has 0 saturated carbocycles. The van der Waals surface area contributed by atoms with Crippen LogP contribution in [0.1, 0.15) is 0 Å². The molecule has 0 amide bonds. The zero-order chi connectivity index (χ0) is 8.97. The molecule has 4 heteroatoms. The SMILES string of the molecule is C=C=Nc1cc(O)cc(NS)c1. The fraction of sp³-hybridized carbons (Fsp3) is 0. The number of phenols is 1. The molecule has 0 heterocycles. The van der Waals surface area contributed by atoms with Crippen molar-refractivity contribution in [2.45, 2.75) is 0 Å². The highest BCUT2D eigenvalue weighted by molar-refractivity contribution is 7.81. The van der Waals surface area contributed by atoms with Crippen LogP contribution in [0.2, 0.25) is 0 Å². The van der Waals surface area contributed by atoms with Gasteiger partial charge in [-0.3, -0.25) is 0 Å². The summed E-state index contributed by atoms with van der Waals surface area (Å²) in [4.78, 5) is 3.78. The van der Waals surface area contributed by atoms with E-state index >= 15 is 0 Å². The number of phenolic OH excluding ortho intramolecular Hbond substituents is 1. The summed E-state index contributed by atoms with van der Waals surface area (Å²) in [7, 11) is 0. The van der Waals surface area contributed by atoms with E-state index in [-0.39, 0.29) is 5.75 Å². The monoisotopic (exact) mass is 180 g/mol. The molecule has 0 radical (unpaired) electrons. The van der Waals surface area contributed by atoms with Crippen molar-refractivity contribution >= 4 is 30.1 Å². The molecule has 0 spiro atoms. The summed E-state index contributed by atoms with van der Waals surface area (Å²) in [6, 6.07) is 4.76. The molecule has 2 N–H and O–H groups in total. The van der Waals surface area contributed by atoms with Crippen molar-refractivity contribution in [1.29, 1.82) is 0 Å². The van der Waals surface area contributed by atoms with Gasteiger partial charge in [0.2, 0.25) is 0 Å². The van der Waals surface area contributed by atoms with Gasteiger partial charge in [0, 0.05) is 17.8 Å². The highest BCUT2D eigenvalue weighted by atomic mass is 32.1. The van der Waals surface area contributed by atoms with Crippen LogP contribution in [-0.2, 0) is 0 Å². The molecular formula is C8H8N2OS. The van der Waals surface area contributed by atoms with Crippen molar-refractivity contribution in [3.8, 4) is 5.75 Å². The van der Waals surface area contributed by atoms with Crippen LogP contribution in [0.15, 0.2) is 29.8 Å². The molecule has 0 atom stereocenters. The van der Waals surface area contributed by atoms with E-state index in [0.717, 1.165) is 0 Å². The Morgan fingerprint density at radius 1 is 1.50 bits per heavy atom. The molecule has 12 heavy (non-hydrogen) atoms. The van der Waals surface area contributed by atoms with Gasteiger partial charge in [0.05, 0.1) is 5.69 Å². The predicted octanol–water partition coefficient (Wildman–Crippen LogP) is 2.14. The summed E-state index contributed by atoms with van der Waals surface area (Å²) in [5.74, 6) is 2.50. The quantitative estimate of drug-likeness (QED) is 0.482. The molecule has 1 aromatic carbocycles. The van der Waals surface area contributed by atoms with Gasteiger partial charge in [0.15, 0.2) is 0 Å². The van der Waals surface area contributed by atoms with Crippen molar-refractivity contribution in [3.63, 3.8) is 0 Å². The zero-order valence-corrected chi connectivity index (χ0v) is 7.18. The number of aliphatic imine (C=N–C) groups is 1. The molecule has 0 bridgehead atoms. The predicted molar refractivity (Wildman–Crippen MR) is 53.4 cm³/mol. The van der Waals surface area contributed by atoms with E-state index < -0.39 is 0 Å². The Balaban J connectivity index is 3.14. The van der Waals surface area contributed by atoms with Crippen molar-refractivity contribution in [2.75, 3.05) is 4.72 Å². The number of nitrogens with one attached hydrogen (secondary N) is 1. The normalized spacial score (nSPS) is 8.75. The third-order valence-electron chi connectivity index (χ3n) is 1.24. The van der Waals surface area contributed by atoms with Crippen LogP contribution in [0.4, 0.5) is 11.4 Å². The Morgan fingerprint density at radius 3 is 2.83 bits per heavy atom. The van der Waals surface area contributed by atoms with Crippen LogP contribution in [0, 0.1) is 0 Å². The lowest BCUT2D eigenvalue weighted by atomic mass is 10.3. The van der Waals surface area contributed by atoms with E-state index in [1.165, 1.54) is 12.1 Å². The Morgan fingerprint density at radius 2 is 2.25 bits per heavy atom. The topological polar surface area (TPSA) is 44.6 Å². The molecule has 0 fully saturated rings. The highest BCUT2D eigenvalue weighted by Crippen LogP contribution is 2.25. The minimum Gasteiger partial charge on any atom is -0.508 e. The summed E-state index contributed by atoms with van der Waals surface area (Å²) in [6.07, 6.45) is 0. The number of aromatic hydroxyl groups is 1. The van der Waals surface area contributed by atoms with E-state index in [4.69, 9.17) is 5.11 Å². The van der Waals surface area contributed by atoms with Gasteiger partial charge in [0.25, 0.3) is 0 Å². The summed E-state index contributed by atoms with van der Waals surface area (Å²) >= 11 is 3.83. The maximum atomic E-state index is 9.17. The number of anilines is 1. The molecule has 0 aliphatic heterocycles. The molecule has 62 valence electrons. The van der Waals surface area contributed by atoms with Crippen molar-refractivity contribution in [1.82, 2.24) is 0 Å². The van der Waals surface area contributed by atoms with Crippen molar-refractivity contribution in [2.24, 2.45) is 4.99 Å². The lowest BCUT2D eigenvalue weighted by Gasteiger charge is -2.00. The van der Waals surface area contributed by atoms with Crippen molar-refractivity contribution in [3.05, 3.63) is 24.8 Å². The number of nitrogens with zero attached hydrogens (tertiary/aromatic N) is 1. The second kappa shape index (κ2) is 3.85. The summed E-state index contributed by atoms with van der Waals surface area (Å²) in [5.41, 5.74) is 1.26. The average Bonchev–Trinajstić information content (AvgIpc) is 2.04. The average molecular weight is 180 g/mol. The third-order valence-corrected chi connectivity index (χ3v) is 1.50. The molecule has 0 aromatic heterocycles. The molecule has 0 saturated heterocycles. The molecule has 3 nitrogen and oxygen atoms in total. The fourth-order valence-electron chi connectivity index (χ4n) is 0.816. The van der Waals surface area contributed by atoms with Gasteiger partial charge in [-0.25, -0.2) is 4.99 Å². The lowest BCUT2D eigenvalue weighted by Crippen LogP contribution is -1.78. The molecule has 0 unspecified atom stereocenters.